The molecular formula is C15H17BrN4O3. The van der Waals surface area contributed by atoms with Crippen LogP contribution >= 0.6 is 15.9 Å². The minimum Gasteiger partial charge on any atom is -0.496 e. The van der Waals surface area contributed by atoms with Crippen LogP contribution in [0.2, 0.25) is 0 Å². The van der Waals surface area contributed by atoms with Crippen molar-refractivity contribution in [3.05, 3.63) is 46.5 Å². The van der Waals surface area contributed by atoms with Crippen LogP contribution in [-0.2, 0) is 17.6 Å². The second kappa shape index (κ2) is 8.33. The Morgan fingerprint density at radius 3 is 2.96 bits per heavy atom. The molecule has 23 heavy (non-hydrogen) atoms. The van der Waals surface area contributed by atoms with Gasteiger partial charge in [0.25, 0.3) is 5.91 Å². The maximum atomic E-state index is 12.1. The molecule has 0 aliphatic rings. The lowest BCUT2D eigenvalue weighted by Crippen LogP contribution is -2.33. The number of rotatable bonds is 7. The number of nitrogens with one attached hydrogen (secondary N) is 2. The van der Waals surface area contributed by atoms with E-state index in [2.05, 4.69) is 36.4 Å². The number of benzene rings is 1. The van der Waals surface area contributed by atoms with Crippen LogP contribution in [0.5, 0.6) is 5.75 Å². The molecular weight excluding hydrogens is 364 g/mol. The highest BCUT2D eigenvalue weighted by Crippen LogP contribution is 2.25. The average molecular weight is 381 g/mol. The number of halogens is 1. The third kappa shape index (κ3) is 4.82. The van der Waals surface area contributed by atoms with E-state index in [-0.39, 0.29) is 12.1 Å². The predicted octanol–water partition coefficient (Wildman–Crippen LogP) is 1.91. The van der Waals surface area contributed by atoms with Gasteiger partial charge in [-0.2, -0.15) is 0 Å². The van der Waals surface area contributed by atoms with Crippen LogP contribution in [0, 0.1) is 0 Å². The van der Waals surface area contributed by atoms with E-state index in [1.807, 2.05) is 12.1 Å². The van der Waals surface area contributed by atoms with Crippen molar-refractivity contribution < 1.29 is 14.7 Å². The van der Waals surface area contributed by atoms with Crippen LogP contribution in [0.25, 0.3) is 0 Å². The SMILES string of the molecule is COc1ccc(C/C(=N\O)C(=O)NCCc2cnc[nH]2)cc1Br. The van der Waals surface area contributed by atoms with Crippen molar-refractivity contribution in [3.8, 4) is 5.75 Å². The Kier molecular flexibility index (Phi) is 6.16. The van der Waals surface area contributed by atoms with Gasteiger partial charge in [0.1, 0.15) is 11.5 Å². The molecule has 3 N–H and O–H groups in total. The number of nitrogens with zero attached hydrogens (tertiary/aromatic N) is 2. The zero-order valence-electron chi connectivity index (χ0n) is 12.5. The van der Waals surface area contributed by atoms with Gasteiger partial charge in [-0.3, -0.25) is 4.79 Å². The van der Waals surface area contributed by atoms with Gasteiger partial charge in [-0.15, -0.1) is 0 Å². The molecule has 122 valence electrons. The topological polar surface area (TPSA) is 99.6 Å². The van der Waals surface area contributed by atoms with Crippen LogP contribution in [0.4, 0.5) is 0 Å². The molecule has 0 spiro atoms. The standard InChI is InChI=1S/C15H17BrN4O3/c1-23-14-3-2-10(6-12(14)16)7-13(20-22)15(21)18-5-4-11-8-17-9-19-11/h2-3,6,8-9,22H,4-5,7H2,1H3,(H,17,19)(H,18,21)/b20-13+. The molecule has 1 aromatic heterocycles. The first-order valence-electron chi connectivity index (χ1n) is 6.93. The lowest BCUT2D eigenvalue weighted by Gasteiger charge is -2.08. The molecule has 0 saturated carbocycles. The number of amides is 1. The van der Waals surface area contributed by atoms with E-state index in [1.54, 1.807) is 25.7 Å². The maximum Gasteiger partial charge on any atom is 0.269 e. The number of oxime groups is 1. The highest BCUT2D eigenvalue weighted by atomic mass is 79.9. The quantitative estimate of drug-likeness (QED) is 0.388. The van der Waals surface area contributed by atoms with Crippen LogP contribution < -0.4 is 10.1 Å². The highest BCUT2D eigenvalue weighted by Gasteiger charge is 2.14. The van der Waals surface area contributed by atoms with Gasteiger partial charge in [0, 0.05) is 31.3 Å². The summed E-state index contributed by atoms with van der Waals surface area (Å²) in [5, 5.41) is 14.9. The van der Waals surface area contributed by atoms with Gasteiger partial charge in [0.15, 0.2) is 0 Å². The average Bonchev–Trinajstić information content (AvgIpc) is 3.06. The van der Waals surface area contributed by atoms with Gasteiger partial charge in [-0.05, 0) is 33.6 Å². The van der Waals surface area contributed by atoms with Crippen molar-refractivity contribution in [3.63, 3.8) is 0 Å². The molecule has 0 unspecified atom stereocenters. The number of H-pyrrole nitrogens is 1. The first-order chi connectivity index (χ1) is 11.1. The summed E-state index contributed by atoms with van der Waals surface area (Å²) in [6.45, 7) is 0.423. The zero-order valence-corrected chi connectivity index (χ0v) is 14.1. The summed E-state index contributed by atoms with van der Waals surface area (Å²) < 4.78 is 5.93. The molecule has 1 aromatic carbocycles. The Bertz CT molecular complexity index is 686. The fraction of sp³-hybridized carbons (Fsp3) is 0.267. The van der Waals surface area contributed by atoms with Crippen molar-refractivity contribution in [1.82, 2.24) is 15.3 Å². The zero-order chi connectivity index (χ0) is 16.7. The summed E-state index contributed by atoms with van der Waals surface area (Å²) in [6, 6.07) is 5.42. The number of carbonyl (C=O) groups is 1. The Labute approximate surface area is 141 Å². The smallest absolute Gasteiger partial charge is 0.269 e. The molecule has 2 aromatic rings. The minimum absolute atomic E-state index is 0.0478. The monoisotopic (exact) mass is 380 g/mol. The van der Waals surface area contributed by atoms with Crippen LogP contribution in [0.1, 0.15) is 11.3 Å². The Balaban J connectivity index is 1.91. The number of aromatic amines is 1. The summed E-state index contributed by atoms with van der Waals surface area (Å²) >= 11 is 3.38. The van der Waals surface area contributed by atoms with Crippen LogP contribution in [-0.4, -0.2) is 40.4 Å². The van der Waals surface area contributed by atoms with Gasteiger partial charge in [-0.25, -0.2) is 4.98 Å². The lowest BCUT2D eigenvalue weighted by atomic mass is 10.1. The van der Waals surface area contributed by atoms with E-state index in [1.165, 1.54) is 0 Å². The third-order valence-electron chi connectivity index (χ3n) is 3.21. The van der Waals surface area contributed by atoms with Crippen molar-refractivity contribution in [2.75, 3.05) is 13.7 Å². The molecule has 2 rings (SSSR count). The van der Waals surface area contributed by atoms with E-state index in [9.17, 15) is 4.79 Å². The number of methoxy groups -OCH3 is 1. The number of ether oxygens (including phenoxy) is 1. The second-order valence-corrected chi connectivity index (χ2v) is 5.63. The van der Waals surface area contributed by atoms with Gasteiger partial charge >= 0.3 is 0 Å². The molecule has 0 saturated heterocycles. The fourth-order valence-electron chi connectivity index (χ4n) is 2.01. The number of hydrogen-bond donors (Lipinski definition) is 3. The number of carbonyl (C=O) groups excluding carboxylic acids is 1. The molecule has 1 amide bonds. The van der Waals surface area contributed by atoms with E-state index < -0.39 is 5.91 Å². The summed E-state index contributed by atoms with van der Waals surface area (Å²) in [5.74, 6) is 0.291. The van der Waals surface area contributed by atoms with Gasteiger partial charge < -0.3 is 20.2 Å². The summed E-state index contributed by atoms with van der Waals surface area (Å²) in [7, 11) is 1.58. The molecule has 1 heterocycles. The molecule has 0 aliphatic heterocycles. The third-order valence-corrected chi connectivity index (χ3v) is 3.83. The molecule has 0 aliphatic carbocycles. The first-order valence-corrected chi connectivity index (χ1v) is 7.72. The van der Waals surface area contributed by atoms with E-state index in [4.69, 9.17) is 9.94 Å². The lowest BCUT2D eigenvalue weighted by molar-refractivity contribution is -0.115. The molecule has 7 nitrogen and oxygen atoms in total. The fourth-order valence-corrected chi connectivity index (χ4v) is 2.60. The Morgan fingerprint density at radius 2 is 2.35 bits per heavy atom. The Morgan fingerprint density at radius 1 is 1.52 bits per heavy atom. The van der Waals surface area contributed by atoms with Crippen molar-refractivity contribution in [2.45, 2.75) is 12.8 Å². The summed E-state index contributed by atoms with van der Waals surface area (Å²) in [5.41, 5.74) is 1.80. The number of aromatic nitrogens is 2. The summed E-state index contributed by atoms with van der Waals surface area (Å²) in [4.78, 5) is 18.9. The van der Waals surface area contributed by atoms with Gasteiger partial charge in [0.2, 0.25) is 0 Å². The second-order valence-electron chi connectivity index (χ2n) is 4.78. The highest BCUT2D eigenvalue weighted by molar-refractivity contribution is 9.10. The Hall–Kier alpha value is -2.35. The van der Waals surface area contributed by atoms with Crippen molar-refractivity contribution >= 4 is 27.5 Å². The van der Waals surface area contributed by atoms with Crippen LogP contribution in [0.15, 0.2) is 40.4 Å². The van der Waals surface area contributed by atoms with E-state index in [0.717, 1.165) is 15.7 Å². The van der Waals surface area contributed by atoms with Crippen LogP contribution in [0.3, 0.4) is 0 Å². The largest absolute Gasteiger partial charge is 0.496 e. The van der Waals surface area contributed by atoms with Crippen molar-refractivity contribution in [1.29, 1.82) is 0 Å². The van der Waals surface area contributed by atoms with E-state index in [0.29, 0.717) is 18.7 Å². The minimum atomic E-state index is -0.404. The maximum absolute atomic E-state index is 12.1. The molecule has 8 heteroatoms. The summed E-state index contributed by atoms with van der Waals surface area (Å²) in [6.07, 6.45) is 4.12. The van der Waals surface area contributed by atoms with Crippen molar-refractivity contribution in [2.24, 2.45) is 5.16 Å². The van der Waals surface area contributed by atoms with E-state index >= 15 is 0 Å². The number of imidazole rings is 1. The molecule has 0 fully saturated rings. The normalized spacial score (nSPS) is 11.3. The van der Waals surface area contributed by atoms with Gasteiger partial charge in [-0.1, -0.05) is 11.2 Å². The molecule has 0 bridgehead atoms. The number of hydrogen-bond acceptors (Lipinski definition) is 5. The van der Waals surface area contributed by atoms with Gasteiger partial charge in [0.05, 0.1) is 17.9 Å². The molecule has 0 radical (unpaired) electrons. The molecule has 0 atom stereocenters. The predicted molar refractivity (Wildman–Crippen MR) is 88.9 cm³/mol. The first kappa shape index (κ1) is 17.0.